The topological polar surface area (TPSA) is 83.6 Å². The number of aryl methyl sites for hydroxylation is 1. The lowest BCUT2D eigenvalue weighted by molar-refractivity contribution is -0.137. The molecular weight excluding hydrogens is 246 g/mol. The Hall–Kier alpha value is -2.18. The number of hydrogen-bond acceptors (Lipinski definition) is 5. The van der Waals surface area contributed by atoms with Crippen LogP contribution in [0, 0.1) is 0 Å². The third-order valence-corrected chi connectivity index (χ3v) is 3.31. The van der Waals surface area contributed by atoms with Crippen LogP contribution in [0.3, 0.4) is 0 Å². The zero-order chi connectivity index (χ0) is 13.2. The number of aliphatic carboxylic acids is 1. The minimum atomic E-state index is -0.840. The highest BCUT2D eigenvalue weighted by Gasteiger charge is 2.15. The van der Waals surface area contributed by atoms with Gasteiger partial charge < -0.3 is 10.0 Å². The summed E-state index contributed by atoms with van der Waals surface area (Å²) in [6, 6.07) is 3.81. The third-order valence-electron chi connectivity index (χ3n) is 3.31. The van der Waals surface area contributed by atoms with Gasteiger partial charge in [0.1, 0.15) is 5.82 Å². The molecule has 3 heterocycles. The maximum atomic E-state index is 10.6. The zero-order valence-corrected chi connectivity index (χ0v) is 10.5. The second-order valence-corrected chi connectivity index (χ2v) is 4.67. The van der Waals surface area contributed by atoms with Crippen LogP contribution < -0.4 is 4.90 Å². The smallest absolute Gasteiger partial charge is 0.303 e. The molecule has 0 radical (unpaired) electrons. The van der Waals surface area contributed by atoms with Crippen LogP contribution in [0.25, 0.3) is 5.65 Å². The van der Waals surface area contributed by atoms with E-state index < -0.39 is 5.97 Å². The molecule has 0 aromatic carbocycles. The largest absolute Gasteiger partial charge is 0.481 e. The maximum absolute atomic E-state index is 10.6. The summed E-state index contributed by atoms with van der Waals surface area (Å²) in [4.78, 5) is 12.8. The molecule has 0 saturated carbocycles. The van der Waals surface area contributed by atoms with Crippen LogP contribution in [0.4, 0.5) is 5.82 Å². The molecule has 0 amide bonds. The van der Waals surface area contributed by atoms with Crippen molar-refractivity contribution in [3.05, 3.63) is 18.0 Å². The minimum absolute atomic E-state index is 0.0381. The molecule has 2 aromatic rings. The molecule has 0 atom stereocenters. The SMILES string of the molecule is O=C(O)CCc1nnc2ccc(N3CCCC3)nn12. The fourth-order valence-electron chi connectivity index (χ4n) is 2.31. The molecular formula is C12H15N5O2. The lowest BCUT2D eigenvalue weighted by Gasteiger charge is -2.15. The molecule has 1 aliphatic heterocycles. The summed E-state index contributed by atoms with van der Waals surface area (Å²) in [5, 5.41) is 21.3. The van der Waals surface area contributed by atoms with E-state index in [1.807, 2.05) is 12.1 Å². The molecule has 0 spiro atoms. The van der Waals surface area contributed by atoms with E-state index in [1.54, 1.807) is 4.52 Å². The van der Waals surface area contributed by atoms with Crippen molar-refractivity contribution in [2.45, 2.75) is 25.7 Å². The number of nitrogens with zero attached hydrogens (tertiary/aromatic N) is 5. The number of anilines is 1. The standard InChI is InChI=1S/C12H15N5O2/c18-12(19)6-5-10-14-13-9-3-4-11(15-17(9)10)16-7-1-2-8-16/h3-4H,1-2,5-8H2,(H,18,19). The number of aromatic nitrogens is 4. The summed E-state index contributed by atoms with van der Waals surface area (Å²) < 4.78 is 1.65. The second-order valence-electron chi connectivity index (χ2n) is 4.67. The predicted octanol–water partition coefficient (Wildman–Crippen LogP) is 0.742. The normalized spacial score (nSPS) is 15.3. The Labute approximate surface area is 109 Å². The average molecular weight is 261 g/mol. The lowest BCUT2D eigenvalue weighted by Crippen LogP contribution is -2.20. The highest BCUT2D eigenvalue weighted by molar-refractivity contribution is 5.66. The van der Waals surface area contributed by atoms with E-state index in [1.165, 1.54) is 12.8 Å². The Morgan fingerprint density at radius 3 is 2.79 bits per heavy atom. The number of carboxylic acids is 1. The third kappa shape index (κ3) is 2.35. The van der Waals surface area contributed by atoms with Gasteiger partial charge >= 0.3 is 5.97 Å². The summed E-state index contributed by atoms with van der Waals surface area (Å²) in [6.45, 7) is 2.04. The van der Waals surface area contributed by atoms with Gasteiger partial charge in [-0.25, -0.2) is 0 Å². The number of hydrogen-bond donors (Lipinski definition) is 1. The van der Waals surface area contributed by atoms with Crippen LogP contribution in [0.15, 0.2) is 12.1 Å². The average Bonchev–Trinajstić information content (AvgIpc) is 3.05. The fraction of sp³-hybridized carbons (Fsp3) is 0.500. The molecule has 100 valence electrons. The molecule has 0 unspecified atom stereocenters. The highest BCUT2D eigenvalue weighted by atomic mass is 16.4. The van der Waals surface area contributed by atoms with Gasteiger partial charge in [0.05, 0.1) is 6.42 Å². The quantitative estimate of drug-likeness (QED) is 0.874. The van der Waals surface area contributed by atoms with E-state index >= 15 is 0 Å². The first-order valence-corrected chi connectivity index (χ1v) is 6.42. The van der Waals surface area contributed by atoms with E-state index in [4.69, 9.17) is 5.11 Å². The van der Waals surface area contributed by atoms with Crippen LogP contribution in [0.1, 0.15) is 25.1 Å². The van der Waals surface area contributed by atoms with Gasteiger partial charge in [0, 0.05) is 19.5 Å². The summed E-state index contributed by atoms with van der Waals surface area (Å²) >= 11 is 0. The zero-order valence-electron chi connectivity index (χ0n) is 10.5. The van der Waals surface area contributed by atoms with Crippen molar-refractivity contribution < 1.29 is 9.90 Å². The molecule has 1 fully saturated rings. The van der Waals surface area contributed by atoms with Gasteiger partial charge in [-0.2, -0.15) is 4.52 Å². The summed E-state index contributed by atoms with van der Waals surface area (Å²) in [7, 11) is 0. The first-order chi connectivity index (χ1) is 9.24. The second kappa shape index (κ2) is 4.83. The molecule has 1 aliphatic rings. The molecule has 2 aromatic heterocycles. The van der Waals surface area contributed by atoms with Crippen molar-refractivity contribution in [2.24, 2.45) is 0 Å². The van der Waals surface area contributed by atoms with Gasteiger partial charge in [-0.15, -0.1) is 15.3 Å². The van der Waals surface area contributed by atoms with Gasteiger partial charge in [-0.1, -0.05) is 0 Å². The Morgan fingerprint density at radius 1 is 1.26 bits per heavy atom. The number of carbonyl (C=O) groups is 1. The molecule has 1 saturated heterocycles. The van der Waals surface area contributed by atoms with Crippen LogP contribution in [0.2, 0.25) is 0 Å². The number of rotatable bonds is 4. The molecule has 3 rings (SSSR count). The van der Waals surface area contributed by atoms with Crippen LogP contribution >= 0.6 is 0 Å². The first-order valence-electron chi connectivity index (χ1n) is 6.42. The van der Waals surface area contributed by atoms with Gasteiger partial charge in [0.15, 0.2) is 11.5 Å². The molecule has 7 nitrogen and oxygen atoms in total. The van der Waals surface area contributed by atoms with Gasteiger partial charge in [0.25, 0.3) is 0 Å². The van der Waals surface area contributed by atoms with Crippen molar-refractivity contribution in [1.82, 2.24) is 19.8 Å². The summed E-state index contributed by atoms with van der Waals surface area (Å²) in [5.74, 6) is 0.660. The minimum Gasteiger partial charge on any atom is -0.481 e. The van der Waals surface area contributed by atoms with E-state index in [-0.39, 0.29) is 6.42 Å². The molecule has 0 aliphatic carbocycles. The van der Waals surface area contributed by atoms with Crippen LogP contribution in [-0.2, 0) is 11.2 Å². The Bertz CT molecular complexity index is 603. The number of carboxylic acid groups (broad SMARTS) is 1. The van der Waals surface area contributed by atoms with E-state index in [0.29, 0.717) is 17.9 Å². The Kier molecular flexibility index (Phi) is 3.02. The van der Waals surface area contributed by atoms with E-state index in [2.05, 4.69) is 20.2 Å². The summed E-state index contributed by atoms with van der Waals surface area (Å²) in [6.07, 6.45) is 2.75. The van der Waals surface area contributed by atoms with Crippen LogP contribution in [0.5, 0.6) is 0 Å². The lowest BCUT2D eigenvalue weighted by atomic mass is 10.3. The molecule has 0 bridgehead atoms. The molecule has 7 heteroatoms. The first kappa shape index (κ1) is 11.9. The molecule has 1 N–H and O–H groups in total. The monoisotopic (exact) mass is 261 g/mol. The maximum Gasteiger partial charge on any atom is 0.303 e. The molecule has 19 heavy (non-hydrogen) atoms. The van der Waals surface area contributed by atoms with Crippen molar-refractivity contribution in [1.29, 1.82) is 0 Å². The number of fused-ring (bicyclic) bond motifs is 1. The van der Waals surface area contributed by atoms with Crippen molar-refractivity contribution in [2.75, 3.05) is 18.0 Å². The Balaban J connectivity index is 1.91. The fourth-order valence-corrected chi connectivity index (χ4v) is 2.31. The highest BCUT2D eigenvalue weighted by Crippen LogP contribution is 2.18. The van der Waals surface area contributed by atoms with E-state index in [9.17, 15) is 4.79 Å². The Morgan fingerprint density at radius 2 is 2.05 bits per heavy atom. The van der Waals surface area contributed by atoms with Gasteiger partial charge in [0.2, 0.25) is 0 Å². The summed E-state index contributed by atoms with van der Waals surface area (Å²) in [5.41, 5.74) is 0.656. The van der Waals surface area contributed by atoms with Crippen LogP contribution in [-0.4, -0.2) is 44.0 Å². The van der Waals surface area contributed by atoms with Crippen molar-refractivity contribution in [3.63, 3.8) is 0 Å². The van der Waals surface area contributed by atoms with E-state index in [0.717, 1.165) is 18.9 Å². The van der Waals surface area contributed by atoms with Gasteiger partial charge in [-0.05, 0) is 25.0 Å². The van der Waals surface area contributed by atoms with Gasteiger partial charge in [-0.3, -0.25) is 4.79 Å². The predicted molar refractivity (Wildman–Crippen MR) is 68.2 cm³/mol. The van der Waals surface area contributed by atoms with Crippen molar-refractivity contribution >= 4 is 17.4 Å². The van der Waals surface area contributed by atoms with Crippen molar-refractivity contribution in [3.8, 4) is 0 Å².